The van der Waals surface area contributed by atoms with Crippen molar-refractivity contribution in [2.24, 2.45) is 0 Å². The SMILES string of the molecule is CN1CCCC2(CNCCN2C(=O)OC(C)(C)C)C1. The van der Waals surface area contributed by atoms with E-state index in [0.717, 1.165) is 45.6 Å². The second kappa shape index (κ2) is 5.29. The maximum Gasteiger partial charge on any atom is 0.410 e. The number of likely N-dealkylation sites (tertiary alicyclic amines) is 1. The highest BCUT2D eigenvalue weighted by Crippen LogP contribution is 2.29. The van der Waals surface area contributed by atoms with Gasteiger partial charge in [0.05, 0.1) is 5.54 Å². The topological polar surface area (TPSA) is 44.8 Å². The number of nitrogens with zero attached hydrogens (tertiary/aromatic N) is 2. The van der Waals surface area contributed by atoms with Gasteiger partial charge in [0.25, 0.3) is 0 Å². The summed E-state index contributed by atoms with van der Waals surface area (Å²) >= 11 is 0. The number of piperidine rings is 1. The van der Waals surface area contributed by atoms with Crippen LogP contribution in [0.5, 0.6) is 0 Å². The molecule has 2 fully saturated rings. The Labute approximate surface area is 116 Å². The van der Waals surface area contributed by atoms with Crippen LogP contribution >= 0.6 is 0 Å². The predicted molar refractivity (Wildman–Crippen MR) is 75.3 cm³/mol. The average Bonchev–Trinajstić information content (AvgIpc) is 2.26. The summed E-state index contributed by atoms with van der Waals surface area (Å²) in [6.07, 6.45) is 2.03. The van der Waals surface area contributed by atoms with Gasteiger partial charge in [0.15, 0.2) is 0 Å². The number of rotatable bonds is 0. The van der Waals surface area contributed by atoms with E-state index in [1.807, 2.05) is 25.7 Å². The molecule has 2 saturated heterocycles. The highest BCUT2D eigenvalue weighted by Gasteiger charge is 2.45. The van der Waals surface area contributed by atoms with E-state index in [0.29, 0.717) is 0 Å². The molecular formula is C14H27N3O2. The highest BCUT2D eigenvalue weighted by molar-refractivity contribution is 5.69. The van der Waals surface area contributed by atoms with Gasteiger partial charge in [-0.1, -0.05) is 0 Å². The molecule has 0 saturated carbocycles. The first-order valence-electron chi connectivity index (χ1n) is 7.22. The number of hydrogen-bond acceptors (Lipinski definition) is 4. The molecule has 1 amide bonds. The summed E-state index contributed by atoms with van der Waals surface area (Å²) in [6.45, 7) is 10.3. The molecule has 19 heavy (non-hydrogen) atoms. The Morgan fingerprint density at radius 3 is 2.68 bits per heavy atom. The number of ether oxygens (including phenoxy) is 1. The number of hydrogen-bond donors (Lipinski definition) is 1. The van der Waals surface area contributed by atoms with Gasteiger partial charge >= 0.3 is 6.09 Å². The van der Waals surface area contributed by atoms with Gasteiger partial charge in [-0.2, -0.15) is 0 Å². The van der Waals surface area contributed by atoms with E-state index in [9.17, 15) is 4.79 Å². The van der Waals surface area contributed by atoms with E-state index in [4.69, 9.17) is 4.74 Å². The van der Waals surface area contributed by atoms with Gasteiger partial charge in [0.2, 0.25) is 0 Å². The van der Waals surface area contributed by atoms with Gasteiger partial charge in [-0.25, -0.2) is 4.79 Å². The van der Waals surface area contributed by atoms with Gasteiger partial charge in [0, 0.05) is 26.2 Å². The molecule has 0 aromatic carbocycles. The van der Waals surface area contributed by atoms with E-state index in [-0.39, 0.29) is 11.6 Å². The van der Waals surface area contributed by atoms with Gasteiger partial charge in [-0.3, -0.25) is 4.90 Å². The van der Waals surface area contributed by atoms with E-state index < -0.39 is 5.60 Å². The zero-order valence-corrected chi connectivity index (χ0v) is 12.7. The summed E-state index contributed by atoms with van der Waals surface area (Å²) in [5.41, 5.74) is -0.517. The summed E-state index contributed by atoms with van der Waals surface area (Å²) in [5, 5.41) is 3.44. The van der Waals surface area contributed by atoms with Crippen LogP contribution in [0.25, 0.3) is 0 Å². The van der Waals surface area contributed by atoms with Gasteiger partial charge < -0.3 is 15.0 Å². The number of nitrogens with one attached hydrogen (secondary N) is 1. The standard InChI is InChI=1S/C14H27N3O2/c1-13(2,3)19-12(18)17-9-7-15-10-14(17)6-5-8-16(4)11-14/h15H,5-11H2,1-4H3. The molecule has 0 aromatic rings. The Morgan fingerprint density at radius 2 is 2.05 bits per heavy atom. The van der Waals surface area contributed by atoms with Crippen molar-refractivity contribution in [1.29, 1.82) is 0 Å². The summed E-state index contributed by atoms with van der Waals surface area (Å²) < 4.78 is 5.58. The lowest BCUT2D eigenvalue weighted by molar-refractivity contribution is -0.0313. The number of piperazine rings is 1. The first-order chi connectivity index (χ1) is 8.82. The lowest BCUT2D eigenvalue weighted by Gasteiger charge is -2.51. The summed E-state index contributed by atoms with van der Waals surface area (Å²) in [4.78, 5) is 16.7. The average molecular weight is 269 g/mol. The lowest BCUT2D eigenvalue weighted by atomic mass is 9.86. The molecule has 1 spiro atoms. The van der Waals surface area contributed by atoms with E-state index in [1.54, 1.807) is 0 Å². The maximum atomic E-state index is 12.5. The Balaban J connectivity index is 2.13. The molecule has 0 bridgehead atoms. The quantitative estimate of drug-likeness (QED) is 0.720. The second-order valence-electron chi connectivity index (χ2n) is 6.87. The monoisotopic (exact) mass is 269 g/mol. The van der Waals surface area contributed by atoms with Crippen LogP contribution in [0.3, 0.4) is 0 Å². The van der Waals surface area contributed by atoms with Crippen LogP contribution in [0.15, 0.2) is 0 Å². The minimum absolute atomic E-state index is 0.0897. The Morgan fingerprint density at radius 1 is 1.32 bits per heavy atom. The van der Waals surface area contributed by atoms with Crippen LogP contribution in [-0.4, -0.2) is 66.8 Å². The Kier molecular flexibility index (Phi) is 4.06. The third kappa shape index (κ3) is 3.39. The van der Waals surface area contributed by atoms with Gasteiger partial charge in [-0.15, -0.1) is 0 Å². The molecule has 2 heterocycles. The second-order valence-corrected chi connectivity index (χ2v) is 6.87. The van der Waals surface area contributed by atoms with Crippen LogP contribution < -0.4 is 5.32 Å². The molecule has 1 N–H and O–H groups in total. The highest BCUT2D eigenvalue weighted by atomic mass is 16.6. The van der Waals surface area contributed by atoms with Crippen LogP contribution in [-0.2, 0) is 4.74 Å². The van der Waals surface area contributed by atoms with E-state index in [2.05, 4.69) is 17.3 Å². The summed E-state index contributed by atoms with van der Waals surface area (Å²) in [7, 11) is 2.13. The van der Waals surface area contributed by atoms with Crippen molar-refractivity contribution < 1.29 is 9.53 Å². The van der Waals surface area contributed by atoms with E-state index in [1.165, 1.54) is 0 Å². The molecule has 0 aliphatic carbocycles. The zero-order valence-electron chi connectivity index (χ0n) is 12.7. The minimum Gasteiger partial charge on any atom is -0.444 e. The van der Waals surface area contributed by atoms with Gasteiger partial charge in [0.1, 0.15) is 5.60 Å². The predicted octanol–water partition coefficient (Wildman–Crippen LogP) is 1.29. The minimum atomic E-state index is -0.427. The zero-order chi connectivity index (χ0) is 14.1. The van der Waals surface area contributed by atoms with Crippen molar-refractivity contribution in [1.82, 2.24) is 15.1 Å². The smallest absolute Gasteiger partial charge is 0.410 e. The molecule has 5 nitrogen and oxygen atoms in total. The first kappa shape index (κ1) is 14.6. The van der Waals surface area contributed by atoms with Gasteiger partial charge in [-0.05, 0) is 47.2 Å². The number of carbonyl (C=O) groups is 1. The van der Waals surface area contributed by atoms with Crippen molar-refractivity contribution in [3.8, 4) is 0 Å². The fourth-order valence-corrected chi connectivity index (χ4v) is 3.15. The molecule has 110 valence electrons. The van der Waals surface area contributed by atoms with Crippen LogP contribution in [0.1, 0.15) is 33.6 Å². The molecule has 1 atom stereocenters. The van der Waals surface area contributed by atoms with Crippen LogP contribution in [0, 0.1) is 0 Å². The third-order valence-corrected chi connectivity index (χ3v) is 3.90. The molecule has 2 aliphatic rings. The third-order valence-electron chi connectivity index (χ3n) is 3.90. The van der Waals surface area contributed by atoms with Crippen molar-refractivity contribution >= 4 is 6.09 Å². The molecule has 0 radical (unpaired) electrons. The molecule has 5 heteroatoms. The molecule has 2 aliphatic heterocycles. The van der Waals surface area contributed by atoms with Crippen molar-refractivity contribution in [2.45, 2.75) is 44.8 Å². The molecule has 2 rings (SSSR count). The van der Waals surface area contributed by atoms with Crippen LogP contribution in [0.2, 0.25) is 0 Å². The first-order valence-corrected chi connectivity index (χ1v) is 7.22. The number of carbonyl (C=O) groups excluding carboxylic acids is 1. The van der Waals surface area contributed by atoms with Crippen molar-refractivity contribution in [2.75, 3.05) is 39.8 Å². The van der Waals surface area contributed by atoms with Crippen LogP contribution in [0.4, 0.5) is 4.79 Å². The number of likely N-dealkylation sites (N-methyl/N-ethyl adjacent to an activating group) is 1. The molecule has 0 aromatic heterocycles. The maximum absolute atomic E-state index is 12.5. The van der Waals surface area contributed by atoms with E-state index >= 15 is 0 Å². The summed E-state index contributed by atoms with van der Waals surface area (Å²) in [5.74, 6) is 0. The lowest BCUT2D eigenvalue weighted by Crippen LogP contribution is -2.68. The Bertz CT molecular complexity index is 336. The Hall–Kier alpha value is -0.810. The fourth-order valence-electron chi connectivity index (χ4n) is 3.15. The summed E-state index contributed by atoms with van der Waals surface area (Å²) in [6, 6.07) is 0. The number of amides is 1. The van der Waals surface area contributed by atoms with Crippen molar-refractivity contribution in [3.63, 3.8) is 0 Å². The van der Waals surface area contributed by atoms with Crippen molar-refractivity contribution in [3.05, 3.63) is 0 Å². The molecule has 1 unspecified atom stereocenters. The fraction of sp³-hybridized carbons (Fsp3) is 0.929. The molecular weight excluding hydrogens is 242 g/mol. The normalized spacial score (nSPS) is 29.6. The largest absolute Gasteiger partial charge is 0.444 e.